The molecule has 0 radical (unpaired) electrons. The van der Waals surface area contributed by atoms with Crippen LogP contribution in [0.3, 0.4) is 0 Å². The van der Waals surface area contributed by atoms with Gasteiger partial charge in [-0.3, -0.25) is 0 Å². The molecule has 0 atom stereocenters. The van der Waals surface area contributed by atoms with Gasteiger partial charge in [0, 0.05) is 5.56 Å². The predicted octanol–water partition coefficient (Wildman–Crippen LogP) is 5.18. The van der Waals surface area contributed by atoms with Crippen LogP contribution in [0, 0.1) is 11.8 Å². The fourth-order valence-electron chi connectivity index (χ4n) is 2.52. The van der Waals surface area contributed by atoms with Crippen LogP contribution in [-0.2, 0) is 6.42 Å². The number of benzene rings is 1. The number of aromatic nitrogens is 2. The number of unbranched alkanes of at least 4 members (excludes halogenated alkanes) is 4. The minimum absolute atomic E-state index is 0.521. The van der Waals surface area contributed by atoms with Gasteiger partial charge in [0.15, 0.2) is 5.75 Å². The van der Waals surface area contributed by atoms with Crippen molar-refractivity contribution < 1.29 is 4.74 Å². The van der Waals surface area contributed by atoms with Gasteiger partial charge in [0.2, 0.25) is 5.82 Å². The molecule has 0 aliphatic heterocycles. The fraction of sp³-hybridized carbons (Fsp3) is 0.455. The van der Waals surface area contributed by atoms with E-state index in [1.165, 1.54) is 31.2 Å². The van der Waals surface area contributed by atoms with E-state index in [-0.39, 0.29) is 0 Å². The van der Waals surface area contributed by atoms with Gasteiger partial charge in [0.1, 0.15) is 0 Å². The maximum Gasteiger partial charge on any atom is 0.205 e. The van der Waals surface area contributed by atoms with E-state index in [1.54, 1.807) is 12.4 Å². The van der Waals surface area contributed by atoms with Gasteiger partial charge in [-0.2, -0.15) is 0 Å². The second-order valence-corrected chi connectivity index (χ2v) is 6.20. The third kappa shape index (κ3) is 7.39. The summed E-state index contributed by atoms with van der Waals surface area (Å²) in [5.41, 5.74) is 2.33. The summed E-state index contributed by atoms with van der Waals surface area (Å²) in [6.07, 6.45) is 11.8. The molecule has 132 valence electrons. The topological polar surface area (TPSA) is 35.0 Å². The summed E-state index contributed by atoms with van der Waals surface area (Å²) in [7, 11) is 0. The van der Waals surface area contributed by atoms with Crippen molar-refractivity contribution in [3.8, 4) is 17.6 Å². The summed E-state index contributed by atoms with van der Waals surface area (Å²) in [6, 6.07) is 8.36. The lowest BCUT2D eigenvalue weighted by molar-refractivity contribution is 0.302. The van der Waals surface area contributed by atoms with Crippen LogP contribution in [0.4, 0.5) is 0 Å². The highest BCUT2D eigenvalue weighted by Gasteiger charge is 1.97. The Kier molecular flexibility index (Phi) is 8.55. The molecule has 0 spiro atoms. The highest BCUT2D eigenvalue weighted by molar-refractivity contribution is 5.39. The average molecular weight is 336 g/mol. The SMILES string of the molecule is CCCCCCCOc1cnc(C#Cc2ccc(CCC)cc2)nc1. The summed E-state index contributed by atoms with van der Waals surface area (Å²) >= 11 is 0. The van der Waals surface area contributed by atoms with Crippen LogP contribution in [0.5, 0.6) is 5.75 Å². The van der Waals surface area contributed by atoms with Gasteiger partial charge in [0.05, 0.1) is 19.0 Å². The molecule has 0 aliphatic carbocycles. The summed E-state index contributed by atoms with van der Waals surface area (Å²) < 4.78 is 5.67. The van der Waals surface area contributed by atoms with Gasteiger partial charge in [-0.15, -0.1) is 0 Å². The normalized spacial score (nSPS) is 10.2. The molecular formula is C22H28N2O. The van der Waals surface area contributed by atoms with Crippen molar-refractivity contribution in [1.29, 1.82) is 0 Å². The minimum atomic E-state index is 0.521. The van der Waals surface area contributed by atoms with E-state index in [4.69, 9.17) is 4.74 Å². The first-order valence-electron chi connectivity index (χ1n) is 9.37. The lowest BCUT2D eigenvalue weighted by Gasteiger charge is -2.04. The molecule has 1 heterocycles. The molecule has 0 fully saturated rings. The van der Waals surface area contributed by atoms with Gasteiger partial charge >= 0.3 is 0 Å². The largest absolute Gasteiger partial charge is 0.490 e. The van der Waals surface area contributed by atoms with Crippen molar-refractivity contribution in [2.75, 3.05) is 6.61 Å². The van der Waals surface area contributed by atoms with Crippen LogP contribution in [0.1, 0.15) is 69.3 Å². The Morgan fingerprint density at radius 1 is 0.840 bits per heavy atom. The first-order valence-corrected chi connectivity index (χ1v) is 9.37. The Hall–Kier alpha value is -2.34. The number of hydrogen-bond donors (Lipinski definition) is 0. The van der Waals surface area contributed by atoms with Crippen LogP contribution in [0.2, 0.25) is 0 Å². The lowest BCUT2D eigenvalue weighted by Crippen LogP contribution is -1.99. The standard InChI is InChI=1S/C22H28N2O/c1-3-5-6-7-8-16-25-21-17-23-22(24-18-21)15-14-20-12-10-19(9-4-2)11-13-20/h10-13,17-18H,3-9,16H2,1-2H3. The molecule has 0 unspecified atom stereocenters. The molecule has 0 saturated carbocycles. The zero-order valence-electron chi connectivity index (χ0n) is 15.4. The highest BCUT2D eigenvalue weighted by atomic mass is 16.5. The van der Waals surface area contributed by atoms with Crippen LogP contribution in [0.25, 0.3) is 0 Å². The third-order valence-corrected chi connectivity index (χ3v) is 3.96. The lowest BCUT2D eigenvalue weighted by atomic mass is 10.1. The van der Waals surface area contributed by atoms with Gasteiger partial charge in [-0.25, -0.2) is 9.97 Å². The van der Waals surface area contributed by atoms with E-state index < -0.39 is 0 Å². The zero-order valence-corrected chi connectivity index (χ0v) is 15.4. The van der Waals surface area contributed by atoms with E-state index >= 15 is 0 Å². The molecular weight excluding hydrogens is 308 g/mol. The molecule has 25 heavy (non-hydrogen) atoms. The first-order chi connectivity index (χ1) is 12.3. The number of ether oxygens (including phenoxy) is 1. The second-order valence-electron chi connectivity index (χ2n) is 6.20. The van der Waals surface area contributed by atoms with E-state index in [1.807, 2.05) is 12.1 Å². The summed E-state index contributed by atoms with van der Waals surface area (Å²) in [5, 5.41) is 0. The van der Waals surface area contributed by atoms with Crippen molar-refractivity contribution in [2.24, 2.45) is 0 Å². The van der Waals surface area contributed by atoms with Gasteiger partial charge < -0.3 is 4.74 Å². The van der Waals surface area contributed by atoms with Crippen molar-refractivity contribution in [1.82, 2.24) is 9.97 Å². The zero-order chi connectivity index (χ0) is 17.7. The van der Waals surface area contributed by atoms with Gasteiger partial charge in [0.25, 0.3) is 0 Å². The fourth-order valence-corrected chi connectivity index (χ4v) is 2.52. The molecule has 1 aromatic heterocycles. The molecule has 0 bridgehead atoms. The van der Waals surface area contributed by atoms with Crippen LogP contribution in [-0.4, -0.2) is 16.6 Å². The van der Waals surface area contributed by atoms with E-state index in [0.29, 0.717) is 11.6 Å². The molecule has 1 aromatic carbocycles. The number of aryl methyl sites for hydroxylation is 1. The van der Waals surface area contributed by atoms with Gasteiger partial charge in [-0.05, 0) is 36.5 Å². The molecule has 0 saturated heterocycles. The first kappa shape index (κ1) is 19.0. The summed E-state index contributed by atoms with van der Waals surface area (Å²) in [4.78, 5) is 8.52. The molecule has 3 nitrogen and oxygen atoms in total. The third-order valence-electron chi connectivity index (χ3n) is 3.96. The molecule has 2 rings (SSSR count). The number of nitrogens with zero attached hydrogens (tertiary/aromatic N) is 2. The highest BCUT2D eigenvalue weighted by Crippen LogP contribution is 2.09. The molecule has 0 aliphatic rings. The Morgan fingerprint density at radius 3 is 2.24 bits per heavy atom. The van der Waals surface area contributed by atoms with Crippen LogP contribution >= 0.6 is 0 Å². The van der Waals surface area contributed by atoms with E-state index in [0.717, 1.165) is 31.4 Å². The van der Waals surface area contributed by atoms with Crippen molar-refractivity contribution in [3.63, 3.8) is 0 Å². The molecule has 0 N–H and O–H groups in total. The Balaban J connectivity index is 1.80. The molecule has 2 aromatic rings. The quantitative estimate of drug-likeness (QED) is 0.467. The Labute approximate surface area is 151 Å². The summed E-state index contributed by atoms with van der Waals surface area (Å²) in [5.74, 6) is 7.34. The molecule has 0 amide bonds. The maximum absolute atomic E-state index is 5.67. The smallest absolute Gasteiger partial charge is 0.205 e. The van der Waals surface area contributed by atoms with Crippen molar-refractivity contribution in [3.05, 3.63) is 53.6 Å². The van der Waals surface area contributed by atoms with Gasteiger partial charge in [-0.1, -0.05) is 64.0 Å². The average Bonchev–Trinajstić information content (AvgIpc) is 2.65. The van der Waals surface area contributed by atoms with Crippen LogP contribution in [0.15, 0.2) is 36.7 Å². The summed E-state index contributed by atoms with van der Waals surface area (Å²) in [6.45, 7) is 5.13. The maximum atomic E-state index is 5.67. The number of rotatable bonds is 9. The molecule has 3 heteroatoms. The van der Waals surface area contributed by atoms with Crippen molar-refractivity contribution in [2.45, 2.75) is 58.8 Å². The minimum Gasteiger partial charge on any atom is -0.490 e. The van der Waals surface area contributed by atoms with Crippen LogP contribution < -0.4 is 4.74 Å². The monoisotopic (exact) mass is 336 g/mol. The number of hydrogen-bond acceptors (Lipinski definition) is 3. The van der Waals surface area contributed by atoms with E-state index in [9.17, 15) is 0 Å². The van der Waals surface area contributed by atoms with E-state index in [2.05, 4.69) is 47.8 Å². The van der Waals surface area contributed by atoms with Crippen molar-refractivity contribution >= 4 is 0 Å². The Morgan fingerprint density at radius 2 is 1.56 bits per heavy atom. The predicted molar refractivity (Wildman–Crippen MR) is 103 cm³/mol. The second kappa shape index (κ2) is 11.3. The Bertz CT molecular complexity index is 666.